The first-order valence-corrected chi connectivity index (χ1v) is 5.69. The fourth-order valence-corrected chi connectivity index (χ4v) is 1.93. The van der Waals surface area contributed by atoms with Crippen molar-refractivity contribution in [1.29, 1.82) is 0 Å². The van der Waals surface area contributed by atoms with Crippen LogP contribution in [0.1, 0.15) is 5.56 Å². The van der Waals surface area contributed by atoms with Crippen LogP contribution in [0.5, 0.6) is 5.75 Å². The molecular weight excluding hydrogens is 342 g/mol. The van der Waals surface area contributed by atoms with Crippen molar-refractivity contribution in [2.75, 3.05) is 14.2 Å². The summed E-state index contributed by atoms with van der Waals surface area (Å²) < 4.78 is 19.1. The summed E-state index contributed by atoms with van der Waals surface area (Å²) in [5, 5.41) is 0.483. The summed E-state index contributed by atoms with van der Waals surface area (Å²) in [5.74, 6) is 0.0755. The van der Waals surface area contributed by atoms with Gasteiger partial charge in [0.1, 0.15) is 0 Å². The van der Waals surface area contributed by atoms with Crippen molar-refractivity contribution in [3.63, 3.8) is 0 Å². The third kappa shape index (κ3) is 3.10. The van der Waals surface area contributed by atoms with Crippen LogP contribution in [0.15, 0.2) is 41.6 Å². The van der Waals surface area contributed by atoms with Crippen molar-refractivity contribution >= 4 is 17.3 Å². The van der Waals surface area contributed by atoms with Crippen LogP contribution in [0.3, 0.4) is 0 Å². The van der Waals surface area contributed by atoms with Crippen LogP contribution in [0, 0.1) is 11.9 Å². The number of hydrogen-bond acceptors (Lipinski definition) is 2. The van der Waals surface area contributed by atoms with Gasteiger partial charge in [0.2, 0.25) is 0 Å². The third-order valence-electron chi connectivity index (χ3n) is 2.78. The smallest absolute Gasteiger partial charge is 0.0817 e. The van der Waals surface area contributed by atoms with Crippen LogP contribution in [0.25, 0.3) is 5.70 Å². The first-order chi connectivity index (χ1) is 8.56. The Balaban J connectivity index is 0.00000180. The molecule has 0 atom stereocenters. The predicted molar refractivity (Wildman–Crippen MR) is 70.4 cm³/mol. The van der Waals surface area contributed by atoms with Crippen LogP contribution >= 0.6 is 11.6 Å². The first-order valence-electron chi connectivity index (χ1n) is 5.31. The van der Waals surface area contributed by atoms with E-state index in [1.54, 1.807) is 30.2 Å². The summed E-state index contributed by atoms with van der Waals surface area (Å²) in [6, 6.07) is 4.67. The van der Waals surface area contributed by atoms with Crippen molar-refractivity contribution in [2.24, 2.45) is 0 Å². The fraction of sp³-hybridized carbons (Fsp3) is 0.143. The number of ether oxygens (including phenoxy) is 1. The Labute approximate surface area is 142 Å². The normalized spacial score (nSPS) is 14.5. The quantitative estimate of drug-likeness (QED) is 0.754. The SMILES string of the molecule is C=C1C(Cl)=C[C-]=C(c2c(F)cccc2OC)N1C.[Y]. The summed E-state index contributed by atoms with van der Waals surface area (Å²) in [5.41, 5.74) is 1.49. The molecule has 0 aliphatic carbocycles. The number of hydrogen-bond donors (Lipinski definition) is 0. The van der Waals surface area contributed by atoms with E-state index in [9.17, 15) is 4.39 Å². The fourth-order valence-electron chi connectivity index (χ4n) is 1.75. The van der Waals surface area contributed by atoms with Gasteiger partial charge in [-0.1, -0.05) is 18.3 Å². The molecule has 0 bridgehead atoms. The molecule has 2 nitrogen and oxygen atoms in total. The molecule has 0 unspecified atom stereocenters. The van der Waals surface area contributed by atoms with Gasteiger partial charge in [0.25, 0.3) is 0 Å². The molecule has 0 saturated heterocycles. The molecule has 0 fully saturated rings. The molecule has 5 heteroatoms. The van der Waals surface area contributed by atoms with Gasteiger partial charge in [-0.2, -0.15) is 23.8 Å². The molecule has 1 heterocycles. The number of nitrogens with zero attached hydrogens (tertiary/aromatic N) is 1. The van der Waals surface area contributed by atoms with E-state index < -0.39 is 0 Å². The van der Waals surface area contributed by atoms with E-state index in [1.807, 2.05) is 0 Å². The Morgan fingerprint density at radius 3 is 2.74 bits per heavy atom. The maximum absolute atomic E-state index is 14.0. The van der Waals surface area contributed by atoms with Gasteiger partial charge < -0.3 is 9.64 Å². The summed E-state index contributed by atoms with van der Waals surface area (Å²) in [4.78, 5) is 1.68. The molecule has 0 saturated carbocycles. The van der Waals surface area contributed by atoms with Gasteiger partial charge in [0.15, 0.2) is 0 Å². The number of likely N-dealkylation sites (N-methyl/N-ethyl adjacent to an activating group) is 1. The summed E-state index contributed by atoms with van der Waals surface area (Å²) in [7, 11) is 3.26. The van der Waals surface area contributed by atoms with E-state index in [1.165, 1.54) is 13.2 Å². The van der Waals surface area contributed by atoms with Crippen LogP contribution < -0.4 is 4.74 Å². The molecule has 1 aliphatic rings. The van der Waals surface area contributed by atoms with Gasteiger partial charge in [0.05, 0.1) is 18.7 Å². The minimum atomic E-state index is -0.372. The molecule has 1 aliphatic heterocycles. The number of methoxy groups -OCH3 is 1. The molecule has 1 aromatic carbocycles. The average molecular weight is 354 g/mol. The zero-order valence-electron chi connectivity index (χ0n) is 10.7. The number of allylic oxidation sites excluding steroid dienone is 3. The maximum atomic E-state index is 14.0. The van der Waals surface area contributed by atoms with E-state index in [-0.39, 0.29) is 38.5 Å². The minimum absolute atomic E-state index is 0. The molecule has 0 N–H and O–H groups in total. The van der Waals surface area contributed by atoms with Crippen LogP contribution in [-0.2, 0) is 32.7 Å². The summed E-state index contributed by atoms with van der Waals surface area (Å²) in [6.07, 6.45) is 4.52. The van der Waals surface area contributed by atoms with Gasteiger partial charge in [-0.05, 0) is 28.4 Å². The molecule has 0 amide bonds. The summed E-state index contributed by atoms with van der Waals surface area (Å²) in [6.45, 7) is 3.84. The van der Waals surface area contributed by atoms with Gasteiger partial charge in [-0.15, -0.1) is 0 Å². The van der Waals surface area contributed by atoms with E-state index >= 15 is 0 Å². The molecule has 1 aromatic rings. The van der Waals surface area contributed by atoms with E-state index in [0.717, 1.165) is 0 Å². The van der Waals surface area contributed by atoms with Crippen LogP contribution in [-0.4, -0.2) is 19.1 Å². The van der Waals surface area contributed by atoms with Crippen LogP contribution in [0.2, 0.25) is 0 Å². The topological polar surface area (TPSA) is 12.5 Å². The number of halogens is 2. The van der Waals surface area contributed by atoms with Crippen LogP contribution in [0.4, 0.5) is 4.39 Å². The Bertz CT molecular complexity index is 569. The molecule has 0 spiro atoms. The van der Waals surface area contributed by atoms with Crippen molar-refractivity contribution < 1.29 is 41.8 Å². The molecule has 1 radical (unpaired) electrons. The predicted octanol–water partition coefficient (Wildman–Crippen LogP) is 3.56. The van der Waals surface area contributed by atoms with Crippen molar-refractivity contribution in [1.82, 2.24) is 4.90 Å². The van der Waals surface area contributed by atoms with E-state index in [0.29, 0.717) is 27.7 Å². The Morgan fingerprint density at radius 2 is 2.11 bits per heavy atom. The third-order valence-corrected chi connectivity index (χ3v) is 3.11. The molecule has 19 heavy (non-hydrogen) atoms. The minimum Gasteiger partial charge on any atom is -0.509 e. The van der Waals surface area contributed by atoms with Gasteiger partial charge in [-0.3, -0.25) is 0 Å². The van der Waals surface area contributed by atoms with Crippen molar-refractivity contribution in [2.45, 2.75) is 0 Å². The van der Waals surface area contributed by atoms with Gasteiger partial charge >= 0.3 is 0 Å². The zero-order valence-corrected chi connectivity index (χ0v) is 14.3. The van der Waals surface area contributed by atoms with Crippen molar-refractivity contribution in [3.05, 3.63) is 59.0 Å². The Hall–Kier alpha value is -0.636. The second-order valence-electron chi connectivity index (χ2n) is 3.81. The Morgan fingerprint density at radius 1 is 1.42 bits per heavy atom. The molecular formula is C14H12ClFNOY-. The Kier molecular flexibility index (Phi) is 5.78. The monoisotopic (exact) mass is 353 g/mol. The maximum Gasteiger partial charge on any atom is 0.0817 e. The zero-order chi connectivity index (χ0) is 13.3. The number of benzene rings is 1. The largest absolute Gasteiger partial charge is 0.509 e. The average Bonchev–Trinajstić information content (AvgIpc) is 2.37. The van der Waals surface area contributed by atoms with E-state index in [2.05, 4.69) is 12.7 Å². The number of rotatable bonds is 2. The molecule has 2 rings (SSSR count). The standard InChI is InChI=1S/C14H12ClFNO.Y/c1-9-10(15)7-8-12(17(9)2)14-11(16)5-4-6-13(14)18-3;/h4-7H,1H2,2-3H3;/q-1;. The first kappa shape index (κ1) is 16.4. The summed E-state index contributed by atoms with van der Waals surface area (Å²) >= 11 is 5.95. The van der Waals surface area contributed by atoms with Gasteiger partial charge in [-0.25, -0.2) is 4.39 Å². The molecule has 97 valence electrons. The molecule has 0 aromatic heterocycles. The van der Waals surface area contributed by atoms with Crippen molar-refractivity contribution in [3.8, 4) is 5.75 Å². The second kappa shape index (κ2) is 6.69. The second-order valence-corrected chi connectivity index (χ2v) is 4.22. The van der Waals surface area contributed by atoms with Gasteiger partial charge in [0, 0.05) is 39.8 Å². The van der Waals surface area contributed by atoms with E-state index in [4.69, 9.17) is 16.3 Å².